The summed E-state index contributed by atoms with van der Waals surface area (Å²) in [5, 5.41) is 11.6. The summed E-state index contributed by atoms with van der Waals surface area (Å²) in [5.41, 5.74) is 2.96. The molecule has 1 atom stereocenters. The van der Waals surface area contributed by atoms with Gasteiger partial charge in [0.05, 0.1) is 24.9 Å². The van der Waals surface area contributed by atoms with Crippen LogP contribution in [0.3, 0.4) is 0 Å². The molecule has 0 amide bonds. The van der Waals surface area contributed by atoms with Gasteiger partial charge in [0.25, 0.3) is 5.89 Å². The molecule has 8 heteroatoms. The Morgan fingerprint density at radius 1 is 1.14 bits per heavy atom. The van der Waals surface area contributed by atoms with Gasteiger partial charge < -0.3 is 14.6 Å². The highest BCUT2D eigenvalue weighted by Gasteiger charge is 2.12. The van der Waals surface area contributed by atoms with Gasteiger partial charge in [-0.1, -0.05) is 17.3 Å². The van der Waals surface area contributed by atoms with Gasteiger partial charge in [-0.05, 0) is 36.8 Å². The number of rotatable bonds is 7. The Balaban J connectivity index is 1.41. The van der Waals surface area contributed by atoms with E-state index < -0.39 is 0 Å². The van der Waals surface area contributed by atoms with E-state index in [0.717, 1.165) is 28.3 Å². The number of aryl methyl sites for hydroxylation is 1. The number of benzene rings is 1. The number of hydrogen-bond acceptors (Lipinski definition) is 7. The van der Waals surface area contributed by atoms with E-state index in [9.17, 15) is 0 Å². The summed E-state index contributed by atoms with van der Waals surface area (Å²) in [6, 6.07) is 11.7. The van der Waals surface area contributed by atoms with Crippen LogP contribution in [0.25, 0.3) is 11.5 Å². The maximum atomic E-state index is 5.40. The number of ether oxygens (including phenoxy) is 1. The standard InChI is InChI=1S/C21H22N6O2/c1-14(17-12-23-27(2)13-17)24-19-9-6-16(11-22-19)21-25-20(26-29-21)10-15-4-7-18(28-3)8-5-15/h4-9,11-14H,10H2,1-3H3,(H,22,24). The third-order valence-electron chi connectivity index (χ3n) is 4.59. The van der Waals surface area contributed by atoms with Crippen LogP contribution in [-0.2, 0) is 13.5 Å². The quantitative estimate of drug-likeness (QED) is 0.515. The molecule has 1 N–H and O–H groups in total. The van der Waals surface area contributed by atoms with Gasteiger partial charge in [-0.2, -0.15) is 10.1 Å². The second kappa shape index (κ2) is 8.14. The van der Waals surface area contributed by atoms with E-state index in [0.29, 0.717) is 18.1 Å². The number of pyridine rings is 1. The van der Waals surface area contributed by atoms with E-state index in [-0.39, 0.29) is 6.04 Å². The third-order valence-corrected chi connectivity index (χ3v) is 4.59. The zero-order valence-electron chi connectivity index (χ0n) is 16.5. The lowest BCUT2D eigenvalue weighted by Gasteiger charge is -2.12. The van der Waals surface area contributed by atoms with E-state index >= 15 is 0 Å². The minimum Gasteiger partial charge on any atom is -0.497 e. The Hall–Kier alpha value is -3.68. The van der Waals surface area contributed by atoms with Crippen LogP contribution in [0.2, 0.25) is 0 Å². The Morgan fingerprint density at radius 2 is 1.97 bits per heavy atom. The first kappa shape index (κ1) is 18.7. The molecule has 0 saturated heterocycles. The van der Waals surface area contributed by atoms with Crippen LogP contribution in [0.15, 0.2) is 59.5 Å². The van der Waals surface area contributed by atoms with Crippen molar-refractivity contribution in [3.8, 4) is 17.2 Å². The van der Waals surface area contributed by atoms with Crippen molar-refractivity contribution in [2.75, 3.05) is 12.4 Å². The van der Waals surface area contributed by atoms with Gasteiger partial charge in [0.2, 0.25) is 0 Å². The molecule has 0 bridgehead atoms. The van der Waals surface area contributed by atoms with Gasteiger partial charge in [-0.3, -0.25) is 4.68 Å². The third kappa shape index (κ3) is 4.43. The van der Waals surface area contributed by atoms with Crippen molar-refractivity contribution in [2.45, 2.75) is 19.4 Å². The fourth-order valence-corrected chi connectivity index (χ4v) is 2.94. The molecular weight excluding hydrogens is 368 g/mol. The van der Waals surface area contributed by atoms with Crippen molar-refractivity contribution in [3.63, 3.8) is 0 Å². The van der Waals surface area contributed by atoms with E-state index in [1.165, 1.54) is 0 Å². The summed E-state index contributed by atoms with van der Waals surface area (Å²) in [6.45, 7) is 2.07. The zero-order chi connectivity index (χ0) is 20.2. The second-order valence-corrected chi connectivity index (χ2v) is 6.79. The molecule has 0 spiro atoms. The van der Waals surface area contributed by atoms with Gasteiger partial charge >= 0.3 is 0 Å². The first-order chi connectivity index (χ1) is 14.1. The molecule has 8 nitrogen and oxygen atoms in total. The van der Waals surface area contributed by atoms with E-state index in [2.05, 4.69) is 32.5 Å². The Kier molecular flexibility index (Phi) is 5.24. The van der Waals surface area contributed by atoms with Gasteiger partial charge in [-0.15, -0.1) is 0 Å². The van der Waals surface area contributed by atoms with Crippen LogP contribution in [0, 0.1) is 0 Å². The highest BCUT2D eigenvalue weighted by molar-refractivity contribution is 5.54. The Labute approximate surface area is 168 Å². The van der Waals surface area contributed by atoms with Crippen LogP contribution >= 0.6 is 0 Å². The molecule has 0 aliphatic rings. The normalized spacial score (nSPS) is 12.0. The monoisotopic (exact) mass is 390 g/mol. The zero-order valence-corrected chi connectivity index (χ0v) is 16.5. The van der Waals surface area contributed by atoms with Gasteiger partial charge in [0, 0.05) is 31.4 Å². The fourth-order valence-electron chi connectivity index (χ4n) is 2.94. The first-order valence-electron chi connectivity index (χ1n) is 9.28. The van der Waals surface area contributed by atoms with E-state index in [1.54, 1.807) is 18.0 Å². The van der Waals surface area contributed by atoms with E-state index in [4.69, 9.17) is 9.26 Å². The largest absolute Gasteiger partial charge is 0.497 e. The second-order valence-electron chi connectivity index (χ2n) is 6.79. The molecule has 148 valence electrons. The molecule has 0 fully saturated rings. The van der Waals surface area contributed by atoms with Crippen molar-refractivity contribution in [3.05, 3.63) is 71.9 Å². The lowest BCUT2D eigenvalue weighted by atomic mass is 10.1. The van der Waals surface area contributed by atoms with Crippen molar-refractivity contribution in [1.82, 2.24) is 24.9 Å². The highest BCUT2D eigenvalue weighted by Crippen LogP contribution is 2.22. The SMILES string of the molecule is COc1ccc(Cc2noc(-c3ccc(NC(C)c4cnn(C)c4)nc3)n2)cc1. The van der Waals surface area contributed by atoms with Crippen LogP contribution < -0.4 is 10.1 Å². The molecule has 1 aromatic carbocycles. The van der Waals surface area contributed by atoms with Crippen LogP contribution in [0.1, 0.15) is 29.9 Å². The average Bonchev–Trinajstić information content (AvgIpc) is 3.38. The van der Waals surface area contributed by atoms with Gasteiger partial charge in [-0.25, -0.2) is 4.98 Å². The minimum absolute atomic E-state index is 0.0987. The molecule has 0 radical (unpaired) electrons. The number of aromatic nitrogens is 5. The predicted octanol–water partition coefficient (Wildman–Crippen LogP) is 3.64. The van der Waals surface area contributed by atoms with Crippen molar-refractivity contribution in [2.24, 2.45) is 7.05 Å². The average molecular weight is 390 g/mol. The van der Waals surface area contributed by atoms with Crippen LogP contribution in [0.4, 0.5) is 5.82 Å². The lowest BCUT2D eigenvalue weighted by molar-refractivity contribution is 0.414. The van der Waals surface area contributed by atoms with Gasteiger partial charge in [0.15, 0.2) is 5.82 Å². The van der Waals surface area contributed by atoms with Crippen molar-refractivity contribution >= 4 is 5.82 Å². The Morgan fingerprint density at radius 3 is 2.62 bits per heavy atom. The van der Waals surface area contributed by atoms with Gasteiger partial charge in [0.1, 0.15) is 11.6 Å². The first-order valence-corrected chi connectivity index (χ1v) is 9.28. The summed E-state index contributed by atoms with van der Waals surface area (Å²) < 4.78 is 12.4. The highest BCUT2D eigenvalue weighted by atomic mass is 16.5. The molecular formula is C21H22N6O2. The van der Waals surface area contributed by atoms with Crippen LogP contribution in [-0.4, -0.2) is 32.0 Å². The van der Waals surface area contributed by atoms with Crippen molar-refractivity contribution in [1.29, 1.82) is 0 Å². The number of nitrogens with one attached hydrogen (secondary N) is 1. The maximum Gasteiger partial charge on any atom is 0.259 e. The number of hydrogen-bond donors (Lipinski definition) is 1. The molecule has 3 aromatic heterocycles. The number of nitrogens with zero attached hydrogens (tertiary/aromatic N) is 5. The summed E-state index contributed by atoms with van der Waals surface area (Å²) in [6.07, 6.45) is 6.13. The minimum atomic E-state index is 0.0987. The summed E-state index contributed by atoms with van der Waals surface area (Å²) in [4.78, 5) is 8.94. The summed E-state index contributed by atoms with van der Waals surface area (Å²) in [7, 11) is 3.55. The molecule has 0 saturated carbocycles. The van der Waals surface area contributed by atoms with Crippen molar-refractivity contribution < 1.29 is 9.26 Å². The molecule has 4 rings (SSSR count). The lowest BCUT2D eigenvalue weighted by Crippen LogP contribution is -2.07. The topological polar surface area (TPSA) is 90.9 Å². The fraction of sp³-hybridized carbons (Fsp3) is 0.238. The summed E-state index contributed by atoms with van der Waals surface area (Å²) >= 11 is 0. The number of methoxy groups -OCH3 is 1. The summed E-state index contributed by atoms with van der Waals surface area (Å²) in [5.74, 6) is 2.66. The van der Waals surface area contributed by atoms with E-state index in [1.807, 2.05) is 55.8 Å². The predicted molar refractivity (Wildman–Crippen MR) is 109 cm³/mol. The number of anilines is 1. The Bertz CT molecular complexity index is 1070. The molecule has 0 aliphatic carbocycles. The molecule has 3 heterocycles. The molecule has 1 unspecified atom stereocenters. The molecule has 4 aromatic rings. The molecule has 0 aliphatic heterocycles. The maximum absolute atomic E-state index is 5.40. The smallest absolute Gasteiger partial charge is 0.259 e. The molecule has 29 heavy (non-hydrogen) atoms. The van der Waals surface area contributed by atoms with Crippen LogP contribution in [0.5, 0.6) is 5.75 Å².